The fourth-order valence-corrected chi connectivity index (χ4v) is 5.05. The molecule has 1 aromatic carbocycles. The number of rotatable bonds is 12. The summed E-state index contributed by atoms with van der Waals surface area (Å²) in [4.78, 5) is 13.2. The minimum absolute atomic E-state index is 0.0893. The number of halogens is 3. The van der Waals surface area contributed by atoms with Crippen molar-refractivity contribution in [1.82, 2.24) is 4.90 Å². The Morgan fingerprint density at radius 3 is 2.82 bits per heavy atom. The number of likely N-dealkylation sites (tertiary alicyclic amines) is 1. The normalized spacial score (nSPS) is 21.0. The van der Waals surface area contributed by atoms with Crippen molar-refractivity contribution in [3.8, 4) is 0 Å². The molecule has 0 spiro atoms. The van der Waals surface area contributed by atoms with Crippen molar-refractivity contribution in [2.45, 2.75) is 76.5 Å². The second-order valence-electron chi connectivity index (χ2n) is 9.14. The second kappa shape index (κ2) is 12.8. The molecule has 188 valence electrons. The predicted molar refractivity (Wildman–Crippen MR) is 128 cm³/mol. The minimum Gasteiger partial charge on any atom is -0.481 e. The zero-order valence-corrected chi connectivity index (χ0v) is 20.4. The molecule has 0 unspecified atom stereocenters. The Morgan fingerprint density at radius 1 is 1.32 bits per heavy atom. The van der Waals surface area contributed by atoms with Gasteiger partial charge in [0.2, 0.25) is 0 Å². The van der Waals surface area contributed by atoms with E-state index < -0.39 is 24.0 Å². The number of carbonyl (C=O) groups is 1. The third-order valence-corrected chi connectivity index (χ3v) is 7.02. The van der Waals surface area contributed by atoms with Crippen LogP contribution in [0.25, 0.3) is 0 Å². The molecule has 1 saturated heterocycles. The van der Waals surface area contributed by atoms with Gasteiger partial charge in [0.1, 0.15) is 11.6 Å². The molecule has 2 N–H and O–H groups in total. The maximum absolute atomic E-state index is 14.4. The highest BCUT2D eigenvalue weighted by Gasteiger charge is 2.28. The Labute approximate surface area is 205 Å². The van der Waals surface area contributed by atoms with E-state index >= 15 is 0 Å². The number of aliphatic carboxylic acids is 1. The van der Waals surface area contributed by atoms with E-state index in [1.807, 2.05) is 6.92 Å². The van der Waals surface area contributed by atoms with Gasteiger partial charge < -0.3 is 14.9 Å². The summed E-state index contributed by atoms with van der Waals surface area (Å²) < 4.78 is 34.2. The molecule has 0 aromatic heterocycles. The summed E-state index contributed by atoms with van der Waals surface area (Å²) >= 11 is 5.87. The molecule has 1 aromatic rings. The Kier molecular flexibility index (Phi) is 10.1. The van der Waals surface area contributed by atoms with Crippen molar-refractivity contribution in [3.05, 3.63) is 57.7 Å². The first-order valence-electron chi connectivity index (χ1n) is 12.0. The van der Waals surface area contributed by atoms with Crippen LogP contribution < -0.4 is 0 Å². The average Bonchev–Trinajstić information content (AvgIpc) is 3.22. The van der Waals surface area contributed by atoms with Gasteiger partial charge in [0.05, 0.1) is 23.8 Å². The van der Waals surface area contributed by atoms with Crippen LogP contribution in [-0.4, -0.2) is 52.9 Å². The molecule has 5 nitrogen and oxygen atoms in total. The van der Waals surface area contributed by atoms with Gasteiger partial charge in [0.15, 0.2) is 0 Å². The van der Waals surface area contributed by atoms with Crippen LogP contribution in [0.15, 0.2) is 40.7 Å². The standard InChI is InChI=1S/C26H34ClF2NO4/c1-2-25(21-6-3-7-23(28)20(21)9-11-26(32)33)34-16-19(31)15-30-12-4-5-18(30)13-17-8-10-22(27)24(29)14-17/h3,6-7,14,18-19,25,31H,2,4-5,8-13,15-16H2,1H3,(H,32,33)/t18-,19+,25+/m0/s1. The summed E-state index contributed by atoms with van der Waals surface area (Å²) in [6, 6.07) is 4.93. The number of nitrogens with zero attached hydrogens (tertiary/aromatic N) is 1. The molecule has 1 fully saturated rings. The van der Waals surface area contributed by atoms with E-state index in [9.17, 15) is 18.7 Å². The van der Waals surface area contributed by atoms with E-state index in [1.165, 1.54) is 6.07 Å². The molecule has 0 amide bonds. The first kappa shape index (κ1) is 26.8. The van der Waals surface area contributed by atoms with Crippen molar-refractivity contribution in [3.63, 3.8) is 0 Å². The van der Waals surface area contributed by atoms with Gasteiger partial charge in [-0.15, -0.1) is 0 Å². The lowest BCUT2D eigenvalue weighted by Crippen LogP contribution is -2.38. The topological polar surface area (TPSA) is 70.0 Å². The van der Waals surface area contributed by atoms with Gasteiger partial charge in [0, 0.05) is 19.0 Å². The number of benzene rings is 1. The molecule has 3 atom stereocenters. The summed E-state index contributed by atoms with van der Waals surface area (Å²) in [5.74, 6) is -1.76. The van der Waals surface area contributed by atoms with E-state index in [4.69, 9.17) is 21.4 Å². The number of allylic oxidation sites excluding steroid dienone is 3. The minimum atomic E-state index is -0.982. The van der Waals surface area contributed by atoms with Crippen LogP contribution in [0, 0.1) is 5.82 Å². The average molecular weight is 498 g/mol. The molecule has 34 heavy (non-hydrogen) atoms. The third-order valence-electron chi connectivity index (χ3n) is 6.65. The molecule has 1 heterocycles. The SMILES string of the molecule is CC[C@@H](OC[C@H](O)CN1CCC[C@H]1CC1=CC(F)=C(Cl)CC1)c1cccc(F)c1CCC(=O)O. The van der Waals surface area contributed by atoms with Crippen LogP contribution in [0.4, 0.5) is 8.78 Å². The van der Waals surface area contributed by atoms with Crippen LogP contribution in [0.5, 0.6) is 0 Å². The largest absolute Gasteiger partial charge is 0.481 e. The van der Waals surface area contributed by atoms with Crippen molar-refractivity contribution >= 4 is 17.6 Å². The predicted octanol–water partition coefficient (Wildman–Crippen LogP) is 5.67. The monoisotopic (exact) mass is 497 g/mol. The Bertz CT molecular complexity index is 920. The number of carboxylic acid groups (broad SMARTS) is 1. The van der Waals surface area contributed by atoms with Crippen molar-refractivity contribution in [1.29, 1.82) is 0 Å². The van der Waals surface area contributed by atoms with Crippen LogP contribution >= 0.6 is 11.6 Å². The molecule has 0 radical (unpaired) electrons. The highest BCUT2D eigenvalue weighted by molar-refractivity contribution is 6.30. The molecular formula is C26H34ClF2NO4. The Morgan fingerprint density at radius 2 is 2.12 bits per heavy atom. The summed E-state index contributed by atoms with van der Waals surface area (Å²) in [6.07, 6.45) is 4.97. The van der Waals surface area contributed by atoms with E-state index in [1.54, 1.807) is 18.2 Å². The Balaban J connectivity index is 1.56. The molecule has 3 rings (SSSR count). The van der Waals surface area contributed by atoms with E-state index in [0.717, 1.165) is 37.8 Å². The smallest absolute Gasteiger partial charge is 0.303 e. The van der Waals surface area contributed by atoms with Gasteiger partial charge in [-0.1, -0.05) is 36.2 Å². The zero-order valence-electron chi connectivity index (χ0n) is 19.6. The van der Waals surface area contributed by atoms with Gasteiger partial charge >= 0.3 is 5.97 Å². The van der Waals surface area contributed by atoms with Gasteiger partial charge in [-0.25, -0.2) is 8.78 Å². The maximum Gasteiger partial charge on any atom is 0.303 e. The van der Waals surface area contributed by atoms with E-state index in [2.05, 4.69) is 4.90 Å². The van der Waals surface area contributed by atoms with Crippen LogP contribution in [0.3, 0.4) is 0 Å². The fourth-order valence-electron chi connectivity index (χ4n) is 4.90. The van der Waals surface area contributed by atoms with Crippen molar-refractivity contribution in [2.24, 2.45) is 0 Å². The molecule has 0 bridgehead atoms. The van der Waals surface area contributed by atoms with Gasteiger partial charge in [0.25, 0.3) is 0 Å². The highest BCUT2D eigenvalue weighted by atomic mass is 35.5. The lowest BCUT2D eigenvalue weighted by atomic mass is 9.96. The lowest BCUT2D eigenvalue weighted by Gasteiger charge is -2.29. The molecule has 8 heteroatoms. The number of ether oxygens (including phenoxy) is 1. The molecule has 1 aliphatic carbocycles. The highest BCUT2D eigenvalue weighted by Crippen LogP contribution is 2.33. The van der Waals surface area contributed by atoms with Crippen molar-refractivity contribution < 1.29 is 28.5 Å². The molecule has 1 aliphatic heterocycles. The first-order valence-corrected chi connectivity index (χ1v) is 12.4. The summed E-state index contributed by atoms with van der Waals surface area (Å²) in [5, 5.41) is 20.0. The number of hydrogen-bond acceptors (Lipinski definition) is 4. The number of β-amino-alcohol motifs (C(OH)–C–C–N with tert-alkyl or cyclic N) is 1. The molecule has 2 aliphatic rings. The zero-order chi connectivity index (χ0) is 24.7. The lowest BCUT2D eigenvalue weighted by molar-refractivity contribution is -0.136. The second-order valence-corrected chi connectivity index (χ2v) is 9.59. The summed E-state index contributed by atoms with van der Waals surface area (Å²) in [7, 11) is 0. The van der Waals surface area contributed by atoms with Crippen LogP contribution in [-0.2, 0) is 16.0 Å². The quantitative estimate of drug-likeness (QED) is 0.389. The van der Waals surface area contributed by atoms with Crippen molar-refractivity contribution in [2.75, 3.05) is 19.7 Å². The molecular weight excluding hydrogens is 464 g/mol. The van der Waals surface area contributed by atoms with Gasteiger partial charge in [-0.2, -0.15) is 0 Å². The summed E-state index contributed by atoms with van der Waals surface area (Å²) in [6.45, 7) is 3.32. The number of aliphatic hydroxyl groups excluding tert-OH is 1. The first-order chi connectivity index (χ1) is 16.3. The van der Waals surface area contributed by atoms with E-state index in [0.29, 0.717) is 30.5 Å². The number of aliphatic hydroxyl groups is 1. The van der Waals surface area contributed by atoms with Gasteiger partial charge in [-0.05, 0) is 74.8 Å². The Hall–Kier alpha value is -1.80. The number of carboxylic acids is 1. The molecule has 0 saturated carbocycles. The maximum atomic E-state index is 14.4. The van der Waals surface area contributed by atoms with Gasteiger partial charge in [-0.3, -0.25) is 9.69 Å². The number of hydrogen-bond donors (Lipinski definition) is 2. The van der Waals surface area contributed by atoms with E-state index in [-0.39, 0.29) is 36.3 Å². The fraction of sp³-hybridized carbons (Fsp3) is 0.577. The van der Waals surface area contributed by atoms with Crippen LogP contribution in [0.1, 0.15) is 69.1 Å². The summed E-state index contributed by atoms with van der Waals surface area (Å²) in [5.41, 5.74) is 2.04. The van der Waals surface area contributed by atoms with Crippen LogP contribution in [0.2, 0.25) is 0 Å². The third kappa shape index (κ3) is 7.35.